The number of fused-ring (bicyclic) bond motifs is 4. The van der Waals surface area contributed by atoms with Crippen LogP contribution in [0.1, 0.15) is 47.6 Å². The Kier molecular flexibility index (Phi) is 14.5. The Bertz CT molecular complexity index is 2150. The van der Waals surface area contributed by atoms with Crippen molar-refractivity contribution in [2.24, 2.45) is 10.6 Å². The number of phenols is 2. The Morgan fingerprint density at radius 2 is 1.88 bits per heavy atom. The molecule has 21 nitrogen and oxygen atoms in total. The van der Waals surface area contributed by atoms with Crippen LogP contribution >= 0.6 is 34.7 Å². The number of nitrogens with one attached hydrogen (secondary N) is 2. The Labute approximate surface area is 386 Å². The molecule has 5 aliphatic rings. The molecule has 0 radical (unpaired) electrons. The standard InChI is InChI=1S/C32H34ClN11O10S2.2Na/c33-20-15(1-2-17(45)24(20)48)26(49)35-13-32-3-6-44(7-4-32,8-5-32)10-14-11-55-29-22(28(51)43(29)23(14)25-38-41-42-39-25)37-27(50)21(16-12-56-31(34)36-16)40-54-18(30(52)53)9-19(46)47;;/h1-2,12,18,22,29H,3-11,13H2,(H8-,34,35,36,37,38,39,40,41,42,45,46,47,48,49,50,52,53);;/q;2*+1/p-2/t18-,22+,29+,32?,44?;;/m0../s1. The molecule has 26 heteroatoms. The molecule has 296 valence electrons. The van der Waals surface area contributed by atoms with E-state index in [1.807, 2.05) is 0 Å². The minimum absolute atomic E-state index is 0. The summed E-state index contributed by atoms with van der Waals surface area (Å²) < 4.78 is 0.739. The van der Waals surface area contributed by atoms with Gasteiger partial charge in [-0.05, 0) is 12.1 Å². The summed E-state index contributed by atoms with van der Waals surface area (Å²) in [5.41, 5.74) is 6.35. The van der Waals surface area contributed by atoms with E-state index in [9.17, 15) is 44.4 Å². The molecule has 2 aromatic heterocycles. The molecule has 0 aliphatic carbocycles. The zero-order valence-corrected chi connectivity index (χ0v) is 37.4. The van der Waals surface area contributed by atoms with Gasteiger partial charge >= 0.3 is 59.1 Å². The number of piperidine rings is 3. The summed E-state index contributed by atoms with van der Waals surface area (Å²) in [4.78, 5) is 73.1. The molecule has 5 aliphatic heterocycles. The van der Waals surface area contributed by atoms with Gasteiger partial charge in [0, 0.05) is 60.3 Å². The SMILES string of the molecule is Nc1nc(/C(=N/O[C@@H](CC(=O)[O-])C(=O)[O-])C(=O)N[C@@H]2C(=O)N3C(c4nnn[n-]4)=C(C[N+]45CCC(CNC(=O)c6ccc(O)c(O)c6Cl)(CC4)CC5)CS[C@H]23)cs1.[Na+].[Na+]. The number of tetrazole rings is 1. The number of aromatic nitrogens is 5. The number of carboxylic acids is 2. The van der Waals surface area contributed by atoms with Crippen molar-refractivity contribution < 1.29 is 113 Å². The van der Waals surface area contributed by atoms with Crippen LogP contribution in [0.15, 0.2) is 28.2 Å². The van der Waals surface area contributed by atoms with E-state index in [1.165, 1.54) is 34.2 Å². The maximum atomic E-state index is 13.8. The average Bonchev–Trinajstić information content (AvgIpc) is 3.87. The fourth-order valence-electron chi connectivity index (χ4n) is 7.43. The molecular formula is C32H32ClN11Na2O10S2. The summed E-state index contributed by atoms with van der Waals surface area (Å²) in [5, 5.41) is 67.2. The van der Waals surface area contributed by atoms with Crippen LogP contribution in [0.3, 0.4) is 0 Å². The first-order valence-corrected chi connectivity index (χ1v) is 19.4. The van der Waals surface area contributed by atoms with E-state index in [2.05, 4.69) is 41.4 Å². The number of rotatable bonds is 14. The number of phenolic OH excluding ortho intramolecular Hbond substituents is 2. The van der Waals surface area contributed by atoms with E-state index in [0.717, 1.165) is 60.3 Å². The van der Waals surface area contributed by atoms with Gasteiger partial charge < -0.3 is 60.8 Å². The summed E-state index contributed by atoms with van der Waals surface area (Å²) in [7, 11) is 0. The molecule has 7 heterocycles. The van der Waals surface area contributed by atoms with Gasteiger partial charge in [0.1, 0.15) is 23.7 Å². The van der Waals surface area contributed by atoms with Crippen LogP contribution in [0.5, 0.6) is 11.5 Å². The van der Waals surface area contributed by atoms with Gasteiger partial charge in [-0.1, -0.05) is 16.8 Å². The van der Waals surface area contributed by atoms with Crippen LogP contribution in [0.4, 0.5) is 5.13 Å². The second kappa shape index (κ2) is 18.4. The first kappa shape index (κ1) is 45.6. The molecule has 3 amide bonds. The fraction of sp³-hybridized carbons (Fsp3) is 0.438. The van der Waals surface area contributed by atoms with Crippen molar-refractivity contribution in [3.05, 3.63) is 45.2 Å². The molecule has 8 rings (SSSR count). The summed E-state index contributed by atoms with van der Waals surface area (Å²) in [5.74, 6) is -5.94. The van der Waals surface area contributed by atoms with Gasteiger partial charge in [0.05, 0.1) is 47.7 Å². The Morgan fingerprint density at radius 3 is 2.48 bits per heavy atom. The molecule has 1 aromatic carbocycles. The molecule has 2 bridgehead atoms. The van der Waals surface area contributed by atoms with Crippen molar-refractivity contribution >= 4 is 80.9 Å². The molecule has 0 saturated carbocycles. The van der Waals surface area contributed by atoms with Gasteiger partial charge in [0.2, 0.25) is 0 Å². The summed E-state index contributed by atoms with van der Waals surface area (Å²) in [6.45, 7) is 3.41. The normalized spacial score (nSPS) is 24.1. The number of thioether (sulfide) groups is 1. The van der Waals surface area contributed by atoms with Crippen molar-refractivity contribution in [2.75, 3.05) is 44.2 Å². The number of aromatic hydroxyl groups is 2. The van der Waals surface area contributed by atoms with Gasteiger partial charge in [-0.15, -0.1) is 23.1 Å². The van der Waals surface area contributed by atoms with Gasteiger partial charge in [0.15, 0.2) is 28.4 Å². The predicted molar refractivity (Wildman–Crippen MR) is 191 cm³/mol. The number of carbonyl (C=O) groups excluding carboxylic acids is 5. The van der Waals surface area contributed by atoms with Crippen molar-refractivity contribution in [1.29, 1.82) is 0 Å². The van der Waals surface area contributed by atoms with Crippen molar-refractivity contribution in [1.82, 2.24) is 41.1 Å². The summed E-state index contributed by atoms with van der Waals surface area (Å²) in [6, 6.07) is 1.49. The van der Waals surface area contributed by atoms with Gasteiger partial charge in [-0.2, -0.15) is 5.21 Å². The number of nitrogens with two attached hydrogens (primary N) is 1. The minimum Gasteiger partial charge on any atom is -0.550 e. The second-order valence-corrected chi connectivity index (χ2v) is 16.3. The van der Waals surface area contributed by atoms with E-state index in [-0.39, 0.29) is 91.8 Å². The van der Waals surface area contributed by atoms with Gasteiger partial charge in [-0.3, -0.25) is 29.6 Å². The summed E-state index contributed by atoms with van der Waals surface area (Å²) >= 11 is 8.46. The number of carbonyl (C=O) groups is 5. The van der Waals surface area contributed by atoms with Crippen LogP contribution in [0.25, 0.3) is 5.70 Å². The van der Waals surface area contributed by atoms with Crippen LogP contribution in [0, 0.1) is 5.41 Å². The number of quaternary nitrogens is 1. The number of hydrogen-bond donors (Lipinski definition) is 5. The largest absolute Gasteiger partial charge is 1.00 e. The monoisotopic (exact) mass is 875 g/mol. The molecule has 58 heavy (non-hydrogen) atoms. The van der Waals surface area contributed by atoms with Crippen LogP contribution in [0.2, 0.25) is 5.02 Å². The van der Waals surface area contributed by atoms with Crippen molar-refractivity contribution in [3.8, 4) is 11.5 Å². The summed E-state index contributed by atoms with van der Waals surface area (Å²) in [6.07, 6.45) is -0.724. The molecule has 4 fully saturated rings. The number of benzene rings is 1. The number of anilines is 1. The molecule has 3 atom stereocenters. The zero-order valence-electron chi connectivity index (χ0n) is 31.0. The third kappa shape index (κ3) is 9.12. The predicted octanol–water partition coefficient (Wildman–Crippen LogP) is -8.84. The Morgan fingerprint density at radius 1 is 1.17 bits per heavy atom. The number of amides is 3. The number of oxime groups is 1. The van der Waals surface area contributed by atoms with E-state index in [1.54, 1.807) is 0 Å². The Balaban J connectivity index is 0.00000320. The second-order valence-electron chi connectivity index (χ2n) is 13.9. The van der Waals surface area contributed by atoms with E-state index >= 15 is 0 Å². The number of aliphatic carboxylic acids is 2. The van der Waals surface area contributed by atoms with Crippen LogP contribution in [-0.4, -0.2) is 131 Å². The number of nitrogen functional groups attached to an aromatic ring is 1. The average molecular weight is 876 g/mol. The van der Waals surface area contributed by atoms with Crippen LogP contribution in [-0.2, 0) is 24.0 Å². The number of hydrogen-bond acceptors (Lipinski definition) is 18. The van der Waals surface area contributed by atoms with Crippen molar-refractivity contribution in [3.63, 3.8) is 0 Å². The van der Waals surface area contributed by atoms with Crippen LogP contribution < -0.4 is 90.8 Å². The quantitative estimate of drug-likeness (QED) is 0.0251. The third-order valence-corrected chi connectivity index (χ3v) is 13.0. The third-order valence-electron chi connectivity index (χ3n) is 10.6. The molecule has 3 aromatic rings. The topological polar surface area (TPSA) is 312 Å². The van der Waals surface area contributed by atoms with E-state index in [0.29, 0.717) is 24.5 Å². The molecular weight excluding hydrogens is 844 g/mol. The molecule has 6 N–H and O–H groups in total. The number of thiazole rings is 1. The van der Waals surface area contributed by atoms with Gasteiger partial charge in [0.25, 0.3) is 17.7 Å². The molecule has 0 spiro atoms. The first-order chi connectivity index (χ1) is 26.7. The Hall–Kier alpha value is -3.52. The maximum Gasteiger partial charge on any atom is 1.00 e. The number of nitrogens with zero attached hydrogens (tertiary/aromatic N) is 8. The number of β-lactam (4-membered cyclic amide) rings is 1. The smallest absolute Gasteiger partial charge is 0.550 e. The first-order valence-electron chi connectivity index (χ1n) is 17.1. The van der Waals surface area contributed by atoms with E-state index in [4.69, 9.17) is 22.2 Å². The van der Waals surface area contributed by atoms with Crippen molar-refractivity contribution in [2.45, 2.75) is 43.2 Å². The number of halogens is 1. The van der Waals surface area contributed by atoms with Gasteiger partial charge in [-0.25, -0.2) is 4.98 Å². The molecule has 0 unspecified atom stereocenters. The molecule has 4 saturated heterocycles. The number of carboxylic acid groups (broad SMARTS) is 2. The minimum atomic E-state index is -2.08. The maximum absolute atomic E-state index is 13.8. The zero-order chi connectivity index (χ0) is 39.9. The van der Waals surface area contributed by atoms with E-state index < -0.39 is 70.8 Å². The fourth-order valence-corrected chi connectivity index (χ4v) is 9.56.